The Labute approximate surface area is 111 Å². The van der Waals surface area contributed by atoms with Gasteiger partial charge in [0, 0.05) is 4.90 Å². The van der Waals surface area contributed by atoms with Crippen LogP contribution in [0.4, 0.5) is 0 Å². The van der Waals surface area contributed by atoms with Crippen LogP contribution < -0.4 is 5.73 Å². The van der Waals surface area contributed by atoms with Crippen LogP contribution in [-0.2, 0) is 0 Å². The van der Waals surface area contributed by atoms with Crippen molar-refractivity contribution >= 4 is 35.0 Å². The van der Waals surface area contributed by atoms with Gasteiger partial charge < -0.3 is 5.73 Å². The van der Waals surface area contributed by atoms with E-state index in [4.69, 9.17) is 28.9 Å². The minimum atomic E-state index is 0.473. The molecule has 1 aromatic carbocycles. The summed E-state index contributed by atoms with van der Waals surface area (Å²) in [6.45, 7) is 0.706. The number of benzene rings is 1. The maximum Gasteiger partial charge on any atom is 0.0638 e. The Morgan fingerprint density at radius 3 is 2.94 bits per heavy atom. The van der Waals surface area contributed by atoms with Crippen molar-refractivity contribution in [3.8, 4) is 0 Å². The molecule has 16 heavy (non-hydrogen) atoms. The molecule has 0 aliphatic carbocycles. The molecule has 2 N–H and O–H groups in total. The van der Waals surface area contributed by atoms with Crippen LogP contribution in [0.5, 0.6) is 0 Å². The van der Waals surface area contributed by atoms with Crippen molar-refractivity contribution < 1.29 is 0 Å². The largest absolute Gasteiger partial charge is 0.330 e. The molecule has 0 amide bonds. The number of hydrogen-bond donors (Lipinski definition) is 1. The predicted molar refractivity (Wildman–Crippen MR) is 72.8 cm³/mol. The van der Waals surface area contributed by atoms with Crippen LogP contribution in [0.3, 0.4) is 0 Å². The zero-order chi connectivity index (χ0) is 11.5. The molecule has 1 aliphatic heterocycles. The van der Waals surface area contributed by atoms with Crippen molar-refractivity contribution in [3.63, 3.8) is 0 Å². The van der Waals surface area contributed by atoms with Gasteiger partial charge in [0.15, 0.2) is 0 Å². The SMILES string of the molecule is NCCC1CCCSc2ccc(Cl)c(Cl)c21. The van der Waals surface area contributed by atoms with Gasteiger partial charge >= 0.3 is 0 Å². The molecule has 0 radical (unpaired) electrons. The molecule has 0 saturated heterocycles. The normalized spacial score (nSPS) is 20.3. The summed E-state index contributed by atoms with van der Waals surface area (Å²) in [4.78, 5) is 1.28. The van der Waals surface area contributed by atoms with Crippen LogP contribution >= 0.6 is 35.0 Å². The lowest BCUT2D eigenvalue weighted by Gasteiger charge is -2.18. The van der Waals surface area contributed by atoms with Gasteiger partial charge in [-0.3, -0.25) is 0 Å². The molecule has 1 aromatic rings. The molecule has 1 unspecified atom stereocenters. The third-order valence-corrected chi connectivity index (χ3v) is 4.95. The minimum Gasteiger partial charge on any atom is -0.330 e. The van der Waals surface area contributed by atoms with E-state index in [0.717, 1.165) is 23.6 Å². The van der Waals surface area contributed by atoms with E-state index in [-0.39, 0.29) is 0 Å². The summed E-state index contributed by atoms with van der Waals surface area (Å²) in [5, 5.41) is 1.39. The lowest BCUT2D eigenvalue weighted by molar-refractivity contribution is 0.576. The van der Waals surface area contributed by atoms with E-state index in [2.05, 4.69) is 6.07 Å². The van der Waals surface area contributed by atoms with Gasteiger partial charge in [-0.2, -0.15) is 0 Å². The van der Waals surface area contributed by atoms with Gasteiger partial charge in [0.2, 0.25) is 0 Å². The lowest BCUT2D eigenvalue weighted by atomic mass is 9.91. The third-order valence-electron chi connectivity index (χ3n) is 2.97. The van der Waals surface area contributed by atoms with Crippen LogP contribution in [0.2, 0.25) is 10.0 Å². The van der Waals surface area contributed by atoms with E-state index in [1.165, 1.54) is 16.9 Å². The number of fused-ring (bicyclic) bond motifs is 1. The molecular weight excluding hydrogens is 261 g/mol. The highest BCUT2D eigenvalue weighted by Crippen LogP contribution is 2.43. The average molecular weight is 276 g/mol. The van der Waals surface area contributed by atoms with Gasteiger partial charge in [-0.15, -0.1) is 11.8 Å². The minimum absolute atomic E-state index is 0.473. The maximum atomic E-state index is 6.33. The molecule has 0 aromatic heterocycles. The molecule has 0 saturated carbocycles. The first-order chi connectivity index (χ1) is 7.74. The Bertz CT molecular complexity index is 382. The Morgan fingerprint density at radius 2 is 2.19 bits per heavy atom. The Morgan fingerprint density at radius 1 is 1.38 bits per heavy atom. The van der Waals surface area contributed by atoms with Crippen molar-refractivity contribution in [2.24, 2.45) is 5.73 Å². The summed E-state index contributed by atoms with van der Waals surface area (Å²) in [5.74, 6) is 1.63. The molecule has 0 bridgehead atoms. The highest BCUT2D eigenvalue weighted by Gasteiger charge is 2.22. The third kappa shape index (κ3) is 2.51. The van der Waals surface area contributed by atoms with Gasteiger partial charge in [-0.05, 0) is 55.2 Å². The van der Waals surface area contributed by atoms with Gasteiger partial charge in [0.05, 0.1) is 10.0 Å². The monoisotopic (exact) mass is 275 g/mol. The average Bonchev–Trinajstić information content (AvgIpc) is 2.47. The number of nitrogens with two attached hydrogens (primary N) is 1. The van der Waals surface area contributed by atoms with Crippen LogP contribution in [0.15, 0.2) is 17.0 Å². The summed E-state index contributed by atoms with van der Waals surface area (Å²) in [5.41, 5.74) is 6.90. The van der Waals surface area contributed by atoms with E-state index in [9.17, 15) is 0 Å². The zero-order valence-corrected chi connectivity index (χ0v) is 11.3. The predicted octanol–water partition coefficient (Wildman–Crippen LogP) is 4.31. The lowest BCUT2D eigenvalue weighted by Crippen LogP contribution is -2.08. The van der Waals surface area contributed by atoms with Crippen LogP contribution in [-0.4, -0.2) is 12.3 Å². The maximum absolute atomic E-state index is 6.33. The molecule has 4 heteroatoms. The fourth-order valence-corrected chi connectivity index (χ4v) is 3.86. The Hall–Kier alpha value is 0.110. The zero-order valence-electron chi connectivity index (χ0n) is 9.01. The fourth-order valence-electron chi connectivity index (χ4n) is 2.20. The smallest absolute Gasteiger partial charge is 0.0638 e. The second-order valence-corrected chi connectivity index (χ2v) is 5.96. The quantitative estimate of drug-likeness (QED) is 0.871. The number of thioether (sulfide) groups is 1. The Balaban J connectivity index is 2.45. The summed E-state index contributed by atoms with van der Waals surface area (Å²) < 4.78 is 0. The summed E-state index contributed by atoms with van der Waals surface area (Å²) in [6, 6.07) is 3.98. The first-order valence-corrected chi connectivity index (χ1v) is 7.29. The van der Waals surface area contributed by atoms with Gasteiger partial charge in [-0.25, -0.2) is 0 Å². The molecule has 1 aliphatic rings. The number of halogens is 2. The van der Waals surface area contributed by atoms with E-state index in [0.29, 0.717) is 17.5 Å². The van der Waals surface area contributed by atoms with E-state index in [1.54, 1.807) is 0 Å². The van der Waals surface area contributed by atoms with E-state index >= 15 is 0 Å². The van der Waals surface area contributed by atoms with E-state index < -0.39 is 0 Å². The highest BCUT2D eigenvalue weighted by molar-refractivity contribution is 7.99. The summed E-state index contributed by atoms with van der Waals surface area (Å²) in [7, 11) is 0. The molecule has 1 heterocycles. The second kappa shape index (κ2) is 5.63. The molecule has 88 valence electrons. The first kappa shape index (κ1) is 12.6. The molecule has 0 spiro atoms. The molecule has 0 fully saturated rings. The summed E-state index contributed by atoms with van der Waals surface area (Å²) >= 11 is 14.3. The second-order valence-electron chi connectivity index (χ2n) is 4.04. The van der Waals surface area contributed by atoms with Crippen molar-refractivity contribution in [1.29, 1.82) is 0 Å². The number of hydrogen-bond acceptors (Lipinski definition) is 2. The van der Waals surface area contributed by atoms with Gasteiger partial charge in [-0.1, -0.05) is 23.2 Å². The van der Waals surface area contributed by atoms with Crippen molar-refractivity contribution in [2.45, 2.75) is 30.1 Å². The van der Waals surface area contributed by atoms with Crippen LogP contribution in [0.25, 0.3) is 0 Å². The van der Waals surface area contributed by atoms with Crippen molar-refractivity contribution in [1.82, 2.24) is 0 Å². The Kier molecular flexibility index (Phi) is 4.42. The fraction of sp³-hybridized carbons (Fsp3) is 0.500. The van der Waals surface area contributed by atoms with Gasteiger partial charge in [0.1, 0.15) is 0 Å². The highest BCUT2D eigenvalue weighted by atomic mass is 35.5. The molecule has 1 atom stereocenters. The van der Waals surface area contributed by atoms with E-state index in [1.807, 2.05) is 17.8 Å². The van der Waals surface area contributed by atoms with Crippen LogP contribution in [0.1, 0.15) is 30.7 Å². The number of rotatable bonds is 2. The molecule has 2 rings (SSSR count). The van der Waals surface area contributed by atoms with Gasteiger partial charge in [0.25, 0.3) is 0 Å². The molecular formula is C12H15Cl2NS. The van der Waals surface area contributed by atoms with Crippen molar-refractivity contribution in [2.75, 3.05) is 12.3 Å². The van der Waals surface area contributed by atoms with Crippen LogP contribution in [0, 0.1) is 0 Å². The first-order valence-electron chi connectivity index (χ1n) is 5.54. The standard InChI is InChI=1S/C12H15Cl2NS/c13-9-3-4-10-11(12(9)14)8(5-6-15)2-1-7-16-10/h3-4,8H,1-2,5-7,15H2. The topological polar surface area (TPSA) is 26.0 Å². The molecule has 1 nitrogen and oxygen atoms in total. The van der Waals surface area contributed by atoms with Crippen molar-refractivity contribution in [3.05, 3.63) is 27.7 Å². The summed E-state index contributed by atoms with van der Waals surface area (Å²) in [6.07, 6.45) is 3.38.